The first-order valence-corrected chi connectivity index (χ1v) is 6.38. The predicted molar refractivity (Wildman–Crippen MR) is 72.7 cm³/mol. The lowest BCUT2D eigenvalue weighted by molar-refractivity contribution is 0.262. The van der Waals surface area contributed by atoms with Crippen molar-refractivity contribution in [3.8, 4) is 0 Å². The zero-order valence-corrected chi connectivity index (χ0v) is 11.8. The van der Waals surface area contributed by atoms with E-state index in [4.69, 9.17) is 5.84 Å². The van der Waals surface area contributed by atoms with E-state index in [1.54, 1.807) is 0 Å². The summed E-state index contributed by atoms with van der Waals surface area (Å²) in [5, 5.41) is 0. The Hall–Kier alpha value is -0.810. The van der Waals surface area contributed by atoms with Gasteiger partial charge in [-0.1, -0.05) is 20.8 Å². The molecule has 0 aliphatic carbocycles. The molecule has 0 saturated carbocycles. The van der Waals surface area contributed by atoms with E-state index in [2.05, 4.69) is 55.1 Å². The molecule has 0 bridgehead atoms. The fourth-order valence-electron chi connectivity index (χ4n) is 2.30. The highest BCUT2D eigenvalue weighted by molar-refractivity contribution is 5.79. The molecule has 100 valence electrons. The summed E-state index contributed by atoms with van der Waals surface area (Å²) in [5.74, 6) is 7.60. The highest BCUT2D eigenvalue weighted by atomic mass is 15.4. The van der Waals surface area contributed by atoms with Gasteiger partial charge in [-0.2, -0.15) is 0 Å². The Morgan fingerprint density at radius 1 is 1.47 bits per heavy atom. The second-order valence-electron chi connectivity index (χ2n) is 5.62. The fourth-order valence-corrected chi connectivity index (χ4v) is 2.30. The zero-order chi connectivity index (χ0) is 13.0. The Bertz CT molecular complexity index is 262. The first kappa shape index (κ1) is 14.3. The number of likely N-dealkylation sites (N-methyl/N-ethyl adjacent to an activating group) is 1. The largest absolute Gasteiger partial charge is 0.340 e. The van der Waals surface area contributed by atoms with Crippen LogP contribution in [-0.4, -0.2) is 55.5 Å². The van der Waals surface area contributed by atoms with Gasteiger partial charge < -0.3 is 9.80 Å². The quantitative estimate of drug-likeness (QED) is 0.324. The second-order valence-corrected chi connectivity index (χ2v) is 5.62. The van der Waals surface area contributed by atoms with Gasteiger partial charge in [0.05, 0.1) is 0 Å². The van der Waals surface area contributed by atoms with Crippen LogP contribution in [0.25, 0.3) is 0 Å². The summed E-state index contributed by atoms with van der Waals surface area (Å²) < 4.78 is 0. The van der Waals surface area contributed by atoms with Gasteiger partial charge in [-0.3, -0.25) is 10.4 Å². The number of hydrogen-bond donors (Lipinski definition) is 2. The normalized spacial score (nSPS) is 26.1. The molecule has 5 nitrogen and oxygen atoms in total. The molecule has 1 rings (SSSR count). The summed E-state index contributed by atoms with van der Waals surface area (Å²) in [4.78, 5) is 9.07. The Morgan fingerprint density at radius 3 is 2.53 bits per heavy atom. The highest BCUT2D eigenvalue weighted by Crippen LogP contribution is 2.19. The van der Waals surface area contributed by atoms with Gasteiger partial charge in [-0.15, -0.1) is 0 Å². The third kappa shape index (κ3) is 3.85. The first-order valence-electron chi connectivity index (χ1n) is 6.38. The van der Waals surface area contributed by atoms with E-state index < -0.39 is 0 Å². The van der Waals surface area contributed by atoms with Crippen molar-refractivity contribution in [1.29, 1.82) is 0 Å². The van der Waals surface area contributed by atoms with Crippen LogP contribution >= 0.6 is 0 Å². The van der Waals surface area contributed by atoms with E-state index in [9.17, 15) is 0 Å². The molecule has 0 aromatic rings. The summed E-state index contributed by atoms with van der Waals surface area (Å²) in [6.45, 7) is 9.43. The third-order valence-corrected chi connectivity index (χ3v) is 3.27. The van der Waals surface area contributed by atoms with Crippen LogP contribution in [0.1, 0.15) is 20.8 Å². The molecule has 3 N–H and O–H groups in total. The van der Waals surface area contributed by atoms with Crippen LogP contribution in [0, 0.1) is 11.8 Å². The number of nitrogens with one attached hydrogen (secondary N) is 1. The third-order valence-electron chi connectivity index (χ3n) is 3.27. The number of hydrazine groups is 1. The van der Waals surface area contributed by atoms with E-state index in [-0.39, 0.29) is 0 Å². The van der Waals surface area contributed by atoms with Gasteiger partial charge in [0.2, 0.25) is 5.96 Å². The number of nitrogens with zero attached hydrogens (tertiary/aromatic N) is 3. The van der Waals surface area contributed by atoms with Crippen LogP contribution in [-0.2, 0) is 0 Å². The molecular formula is C12H27N5. The molecule has 1 fully saturated rings. The molecule has 1 heterocycles. The van der Waals surface area contributed by atoms with E-state index in [0.717, 1.165) is 25.6 Å². The van der Waals surface area contributed by atoms with Gasteiger partial charge in [0.15, 0.2) is 0 Å². The average Bonchev–Trinajstić information content (AvgIpc) is 2.61. The molecule has 0 radical (unpaired) electrons. The summed E-state index contributed by atoms with van der Waals surface area (Å²) in [5.41, 5.74) is 2.74. The Labute approximate surface area is 105 Å². The Balaban J connectivity index is 2.63. The van der Waals surface area contributed by atoms with Gasteiger partial charge in [0.1, 0.15) is 0 Å². The highest BCUT2D eigenvalue weighted by Gasteiger charge is 2.32. The lowest BCUT2D eigenvalue weighted by atomic mass is 10.1. The molecule has 2 atom stereocenters. The number of rotatable bonds is 3. The molecule has 0 aromatic heterocycles. The summed E-state index contributed by atoms with van der Waals surface area (Å²) >= 11 is 0. The molecule has 0 spiro atoms. The molecule has 0 amide bonds. The van der Waals surface area contributed by atoms with E-state index in [1.165, 1.54) is 0 Å². The average molecular weight is 241 g/mol. The Morgan fingerprint density at radius 2 is 2.12 bits per heavy atom. The van der Waals surface area contributed by atoms with Gasteiger partial charge in [0.25, 0.3) is 0 Å². The maximum atomic E-state index is 5.57. The standard InChI is InChI=1S/C12H27N5/c1-9(2)6-14-12(15-13)17-7-10(3)11(8-17)16(4)5/h9-11H,6-8,13H2,1-5H3,(H,14,15). The fraction of sp³-hybridized carbons (Fsp3) is 0.917. The van der Waals surface area contributed by atoms with Crippen molar-refractivity contribution in [2.75, 3.05) is 33.7 Å². The molecule has 1 aliphatic heterocycles. The van der Waals surface area contributed by atoms with Crippen LogP contribution in [0.3, 0.4) is 0 Å². The van der Waals surface area contributed by atoms with Crippen molar-refractivity contribution < 1.29 is 0 Å². The van der Waals surface area contributed by atoms with Crippen molar-refractivity contribution in [1.82, 2.24) is 15.2 Å². The maximum Gasteiger partial charge on any atom is 0.208 e. The van der Waals surface area contributed by atoms with Crippen LogP contribution in [0.4, 0.5) is 0 Å². The molecule has 1 saturated heterocycles. The molecule has 0 aromatic carbocycles. The van der Waals surface area contributed by atoms with Gasteiger partial charge >= 0.3 is 0 Å². The minimum Gasteiger partial charge on any atom is -0.340 e. The van der Waals surface area contributed by atoms with Crippen molar-refractivity contribution in [3.63, 3.8) is 0 Å². The van der Waals surface area contributed by atoms with Crippen molar-refractivity contribution >= 4 is 5.96 Å². The number of nitrogens with two attached hydrogens (primary N) is 1. The molecule has 5 heteroatoms. The maximum absolute atomic E-state index is 5.57. The van der Waals surface area contributed by atoms with E-state index in [0.29, 0.717) is 17.9 Å². The summed E-state index contributed by atoms with van der Waals surface area (Å²) in [6.07, 6.45) is 0. The summed E-state index contributed by atoms with van der Waals surface area (Å²) in [7, 11) is 4.26. The molecule has 17 heavy (non-hydrogen) atoms. The van der Waals surface area contributed by atoms with Gasteiger partial charge in [0, 0.05) is 25.7 Å². The second kappa shape index (κ2) is 6.21. The molecular weight excluding hydrogens is 214 g/mol. The van der Waals surface area contributed by atoms with Gasteiger partial charge in [-0.05, 0) is 25.9 Å². The van der Waals surface area contributed by atoms with Crippen LogP contribution in [0.2, 0.25) is 0 Å². The van der Waals surface area contributed by atoms with Gasteiger partial charge in [-0.25, -0.2) is 5.84 Å². The monoisotopic (exact) mass is 241 g/mol. The predicted octanol–water partition coefficient (Wildman–Crippen LogP) is 0.344. The number of guanidine groups is 1. The van der Waals surface area contributed by atoms with Crippen molar-refractivity contribution in [2.24, 2.45) is 22.7 Å². The van der Waals surface area contributed by atoms with Crippen LogP contribution in [0.15, 0.2) is 4.99 Å². The number of aliphatic imine (C=N–C) groups is 1. The molecule has 1 aliphatic rings. The summed E-state index contributed by atoms with van der Waals surface area (Å²) in [6, 6.07) is 0.576. The smallest absolute Gasteiger partial charge is 0.208 e. The lowest BCUT2D eigenvalue weighted by Gasteiger charge is -2.23. The van der Waals surface area contributed by atoms with Crippen molar-refractivity contribution in [3.05, 3.63) is 0 Å². The topological polar surface area (TPSA) is 56.9 Å². The first-order chi connectivity index (χ1) is 7.95. The Kier molecular flexibility index (Phi) is 5.21. The lowest BCUT2D eigenvalue weighted by Crippen LogP contribution is -2.45. The van der Waals surface area contributed by atoms with Crippen LogP contribution in [0.5, 0.6) is 0 Å². The van der Waals surface area contributed by atoms with E-state index >= 15 is 0 Å². The SMILES string of the molecule is CC(C)CN=C(NN)N1CC(C)C(N(C)C)C1. The minimum absolute atomic E-state index is 0.558. The van der Waals surface area contributed by atoms with Crippen molar-refractivity contribution in [2.45, 2.75) is 26.8 Å². The van der Waals surface area contributed by atoms with E-state index in [1.807, 2.05) is 0 Å². The zero-order valence-electron chi connectivity index (χ0n) is 11.8. The van der Waals surface area contributed by atoms with Crippen LogP contribution < -0.4 is 11.3 Å². The number of hydrogen-bond acceptors (Lipinski definition) is 3. The number of likely N-dealkylation sites (tertiary alicyclic amines) is 1. The molecule has 2 unspecified atom stereocenters. The minimum atomic E-state index is 0.558.